The van der Waals surface area contributed by atoms with Gasteiger partial charge in [0.2, 0.25) is 0 Å². The summed E-state index contributed by atoms with van der Waals surface area (Å²) in [7, 11) is 0. The first-order valence-electron chi connectivity index (χ1n) is 5.09. The van der Waals surface area contributed by atoms with Crippen LogP contribution in [0.3, 0.4) is 0 Å². The Balaban J connectivity index is 2.78. The molecule has 0 heterocycles. The van der Waals surface area contributed by atoms with Gasteiger partial charge in [0, 0.05) is 15.0 Å². The highest BCUT2D eigenvalue weighted by Gasteiger charge is 2.38. The Bertz CT molecular complexity index is 424. The van der Waals surface area contributed by atoms with Gasteiger partial charge in [-0.25, -0.2) is 0 Å². The lowest BCUT2D eigenvalue weighted by Gasteiger charge is -2.21. The third-order valence-electron chi connectivity index (χ3n) is 3.21. The van der Waals surface area contributed by atoms with Crippen molar-refractivity contribution in [1.82, 2.24) is 0 Å². The van der Waals surface area contributed by atoms with Crippen LogP contribution in [-0.2, 0) is 5.41 Å². The van der Waals surface area contributed by atoms with E-state index in [9.17, 15) is 0 Å². The van der Waals surface area contributed by atoms with Crippen molar-refractivity contribution in [2.45, 2.75) is 38.6 Å². The standard InChI is InChI=1S/C12H15Br2N/c1-6-4-7(13)10-9(11(6)14)8(15)5-12(10,2)3/h4,8H,5,15H2,1-3H3. The summed E-state index contributed by atoms with van der Waals surface area (Å²) in [5.74, 6) is 0. The Morgan fingerprint density at radius 1 is 1.40 bits per heavy atom. The Labute approximate surface area is 108 Å². The van der Waals surface area contributed by atoms with E-state index in [2.05, 4.69) is 58.7 Å². The minimum absolute atomic E-state index is 0.153. The van der Waals surface area contributed by atoms with Crippen LogP contribution in [0.15, 0.2) is 15.0 Å². The molecule has 0 saturated carbocycles. The first-order chi connectivity index (χ1) is 6.84. The lowest BCUT2D eigenvalue weighted by molar-refractivity contribution is 0.480. The van der Waals surface area contributed by atoms with E-state index in [4.69, 9.17) is 5.73 Å². The summed E-state index contributed by atoms with van der Waals surface area (Å²) < 4.78 is 2.37. The highest BCUT2D eigenvalue weighted by Crippen LogP contribution is 2.50. The highest BCUT2D eigenvalue weighted by atomic mass is 79.9. The van der Waals surface area contributed by atoms with Gasteiger partial charge in [-0.15, -0.1) is 0 Å². The molecule has 0 amide bonds. The minimum atomic E-state index is 0.153. The third-order valence-corrected chi connectivity index (χ3v) is 4.89. The van der Waals surface area contributed by atoms with Crippen molar-refractivity contribution in [3.8, 4) is 0 Å². The van der Waals surface area contributed by atoms with Crippen LogP contribution in [0.5, 0.6) is 0 Å². The molecule has 1 aliphatic rings. The molecule has 0 fully saturated rings. The van der Waals surface area contributed by atoms with E-state index in [0.29, 0.717) is 0 Å². The van der Waals surface area contributed by atoms with Gasteiger partial charge >= 0.3 is 0 Å². The number of hydrogen-bond acceptors (Lipinski definition) is 1. The van der Waals surface area contributed by atoms with Crippen molar-refractivity contribution in [1.29, 1.82) is 0 Å². The number of hydrogen-bond donors (Lipinski definition) is 1. The second kappa shape index (κ2) is 3.57. The van der Waals surface area contributed by atoms with Crippen molar-refractivity contribution in [2.75, 3.05) is 0 Å². The molecular formula is C12H15Br2N. The van der Waals surface area contributed by atoms with Crippen molar-refractivity contribution in [2.24, 2.45) is 5.73 Å². The lowest BCUT2D eigenvalue weighted by Crippen LogP contribution is -2.14. The molecule has 15 heavy (non-hydrogen) atoms. The molecule has 1 nitrogen and oxygen atoms in total. The van der Waals surface area contributed by atoms with Crippen molar-refractivity contribution >= 4 is 31.9 Å². The summed E-state index contributed by atoms with van der Waals surface area (Å²) in [5, 5.41) is 0. The third kappa shape index (κ3) is 1.69. The number of aryl methyl sites for hydroxylation is 1. The van der Waals surface area contributed by atoms with Crippen LogP contribution in [0.4, 0.5) is 0 Å². The van der Waals surface area contributed by atoms with Crippen LogP contribution < -0.4 is 5.73 Å². The van der Waals surface area contributed by atoms with Crippen LogP contribution >= 0.6 is 31.9 Å². The predicted molar refractivity (Wildman–Crippen MR) is 71.2 cm³/mol. The fourth-order valence-electron chi connectivity index (χ4n) is 2.57. The Morgan fingerprint density at radius 2 is 2.00 bits per heavy atom. The van der Waals surface area contributed by atoms with Crippen LogP contribution in [0, 0.1) is 6.92 Å². The SMILES string of the molecule is Cc1cc(Br)c2c(c1Br)C(N)CC2(C)C. The zero-order valence-electron chi connectivity index (χ0n) is 9.20. The predicted octanol–water partition coefficient (Wildman–Crippen LogP) is 4.20. The Kier molecular flexibility index (Phi) is 2.77. The van der Waals surface area contributed by atoms with Gasteiger partial charge < -0.3 is 5.73 Å². The van der Waals surface area contributed by atoms with Gasteiger partial charge in [0.25, 0.3) is 0 Å². The molecule has 0 spiro atoms. The number of rotatable bonds is 0. The lowest BCUT2D eigenvalue weighted by atomic mass is 9.86. The highest BCUT2D eigenvalue weighted by molar-refractivity contribution is 9.11. The molecule has 2 rings (SSSR count). The summed E-state index contributed by atoms with van der Waals surface area (Å²) in [5.41, 5.74) is 10.3. The molecule has 3 heteroatoms. The van der Waals surface area contributed by atoms with Crippen LogP contribution in [0.1, 0.15) is 43.0 Å². The molecule has 1 unspecified atom stereocenters. The monoisotopic (exact) mass is 331 g/mol. The summed E-state index contributed by atoms with van der Waals surface area (Å²) >= 11 is 7.32. The van der Waals surface area contributed by atoms with Crippen molar-refractivity contribution < 1.29 is 0 Å². The maximum absolute atomic E-state index is 6.21. The first kappa shape index (κ1) is 11.6. The van der Waals surface area contributed by atoms with E-state index in [1.165, 1.54) is 25.6 Å². The number of halogens is 2. The molecule has 1 aromatic rings. The summed E-state index contributed by atoms with van der Waals surface area (Å²) in [6.07, 6.45) is 1.02. The zero-order valence-corrected chi connectivity index (χ0v) is 12.4. The van der Waals surface area contributed by atoms with Gasteiger partial charge in [0.1, 0.15) is 0 Å². The fraction of sp³-hybridized carbons (Fsp3) is 0.500. The molecule has 0 bridgehead atoms. The number of benzene rings is 1. The average Bonchev–Trinajstić information content (AvgIpc) is 2.32. The van der Waals surface area contributed by atoms with Crippen LogP contribution in [0.25, 0.3) is 0 Å². The molecular weight excluding hydrogens is 318 g/mol. The normalized spacial score (nSPS) is 22.9. The average molecular weight is 333 g/mol. The number of fused-ring (bicyclic) bond motifs is 1. The van der Waals surface area contributed by atoms with E-state index in [0.717, 1.165) is 6.42 Å². The minimum Gasteiger partial charge on any atom is -0.324 e. The number of nitrogens with two attached hydrogens (primary N) is 1. The molecule has 1 aliphatic carbocycles. The summed E-state index contributed by atoms with van der Waals surface area (Å²) in [6.45, 7) is 6.61. The molecule has 0 saturated heterocycles. The second-order valence-electron chi connectivity index (χ2n) is 4.97. The molecule has 2 N–H and O–H groups in total. The second-order valence-corrected chi connectivity index (χ2v) is 6.62. The van der Waals surface area contributed by atoms with Gasteiger partial charge in [-0.1, -0.05) is 45.7 Å². The van der Waals surface area contributed by atoms with Gasteiger partial charge in [0.05, 0.1) is 0 Å². The molecule has 0 aromatic heterocycles. The van der Waals surface area contributed by atoms with E-state index in [1.54, 1.807) is 0 Å². The molecule has 82 valence electrons. The summed E-state index contributed by atoms with van der Waals surface area (Å²) in [4.78, 5) is 0. The van der Waals surface area contributed by atoms with E-state index in [1.807, 2.05) is 0 Å². The van der Waals surface area contributed by atoms with Gasteiger partial charge in [-0.3, -0.25) is 0 Å². The van der Waals surface area contributed by atoms with E-state index >= 15 is 0 Å². The van der Waals surface area contributed by atoms with Crippen LogP contribution in [-0.4, -0.2) is 0 Å². The van der Waals surface area contributed by atoms with Gasteiger partial charge in [-0.05, 0) is 41.5 Å². The van der Waals surface area contributed by atoms with Gasteiger partial charge in [0.15, 0.2) is 0 Å². The van der Waals surface area contributed by atoms with E-state index < -0.39 is 0 Å². The zero-order chi connectivity index (χ0) is 11.4. The topological polar surface area (TPSA) is 26.0 Å². The van der Waals surface area contributed by atoms with Crippen LogP contribution in [0.2, 0.25) is 0 Å². The molecule has 1 atom stereocenters. The molecule has 0 aliphatic heterocycles. The van der Waals surface area contributed by atoms with Crippen molar-refractivity contribution in [3.05, 3.63) is 31.7 Å². The molecule has 1 aromatic carbocycles. The smallest absolute Gasteiger partial charge is 0.0317 e. The quantitative estimate of drug-likeness (QED) is 0.757. The first-order valence-corrected chi connectivity index (χ1v) is 6.68. The largest absolute Gasteiger partial charge is 0.324 e. The fourth-order valence-corrected chi connectivity index (χ4v) is 4.27. The van der Waals surface area contributed by atoms with Crippen molar-refractivity contribution in [3.63, 3.8) is 0 Å². The maximum atomic E-state index is 6.21. The molecule has 0 radical (unpaired) electrons. The Morgan fingerprint density at radius 3 is 2.60 bits per heavy atom. The maximum Gasteiger partial charge on any atom is 0.0317 e. The van der Waals surface area contributed by atoms with E-state index in [-0.39, 0.29) is 11.5 Å². The summed E-state index contributed by atoms with van der Waals surface area (Å²) in [6, 6.07) is 2.32. The van der Waals surface area contributed by atoms with Gasteiger partial charge in [-0.2, -0.15) is 0 Å². The Hall–Kier alpha value is 0.140.